The van der Waals surface area contributed by atoms with Crippen LogP contribution in [0.3, 0.4) is 0 Å². The lowest BCUT2D eigenvalue weighted by atomic mass is 10.1. The van der Waals surface area contributed by atoms with Gasteiger partial charge in [-0.2, -0.15) is 0 Å². The van der Waals surface area contributed by atoms with Gasteiger partial charge < -0.3 is 15.5 Å². The zero-order chi connectivity index (χ0) is 19.1. The first-order valence-corrected chi connectivity index (χ1v) is 9.08. The topological polar surface area (TPSA) is 61.4 Å². The third kappa shape index (κ3) is 5.38. The van der Waals surface area contributed by atoms with E-state index in [-0.39, 0.29) is 18.4 Å². The number of halogens is 2. The Balaban J connectivity index is 1.99. The van der Waals surface area contributed by atoms with Crippen molar-refractivity contribution in [2.75, 3.05) is 30.3 Å². The van der Waals surface area contributed by atoms with Crippen molar-refractivity contribution < 1.29 is 9.59 Å². The van der Waals surface area contributed by atoms with Gasteiger partial charge in [-0.05, 0) is 50.2 Å². The van der Waals surface area contributed by atoms with Gasteiger partial charge in [0.1, 0.15) is 0 Å². The van der Waals surface area contributed by atoms with Gasteiger partial charge >= 0.3 is 0 Å². The van der Waals surface area contributed by atoms with Crippen LogP contribution in [0.4, 0.5) is 11.4 Å². The van der Waals surface area contributed by atoms with E-state index in [1.807, 2.05) is 13.8 Å². The minimum absolute atomic E-state index is 0.0335. The fraction of sp³-hybridized carbons (Fsp3) is 0.263. The Morgan fingerprint density at radius 1 is 1.04 bits per heavy atom. The summed E-state index contributed by atoms with van der Waals surface area (Å²) in [5.41, 5.74) is 1.73. The average molecular weight is 394 g/mol. The van der Waals surface area contributed by atoms with Crippen molar-refractivity contribution in [2.45, 2.75) is 13.8 Å². The highest BCUT2D eigenvalue weighted by molar-refractivity contribution is 6.35. The molecule has 0 spiro atoms. The lowest BCUT2D eigenvalue weighted by Gasteiger charge is -2.19. The van der Waals surface area contributed by atoms with E-state index < -0.39 is 0 Å². The van der Waals surface area contributed by atoms with E-state index in [0.29, 0.717) is 40.1 Å². The summed E-state index contributed by atoms with van der Waals surface area (Å²) in [6, 6.07) is 11.9. The highest BCUT2D eigenvalue weighted by Gasteiger charge is 2.13. The highest BCUT2D eigenvalue weighted by Crippen LogP contribution is 2.25. The number of carbonyl (C=O) groups excluding carboxylic acids is 2. The molecule has 0 aromatic heterocycles. The second kappa shape index (κ2) is 9.46. The van der Waals surface area contributed by atoms with Gasteiger partial charge in [0, 0.05) is 29.4 Å². The number of rotatable bonds is 7. The zero-order valence-corrected chi connectivity index (χ0v) is 16.2. The van der Waals surface area contributed by atoms with E-state index in [9.17, 15) is 9.59 Å². The molecule has 138 valence electrons. The van der Waals surface area contributed by atoms with E-state index in [2.05, 4.69) is 10.6 Å². The van der Waals surface area contributed by atoms with Gasteiger partial charge in [0.05, 0.1) is 17.3 Å². The quantitative estimate of drug-likeness (QED) is 0.726. The zero-order valence-electron chi connectivity index (χ0n) is 14.7. The van der Waals surface area contributed by atoms with E-state index in [1.165, 1.54) is 0 Å². The summed E-state index contributed by atoms with van der Waals surface area (Å²) in [6.07, 6.45) is 0. The van der Waals surface area contributed by atoms with Crippen LogP contribution in [-0.2, 0) is 4.79 Å². The van der Waals surface area contributed by atoms with Crippen molar-refractivity contribution in [3.05, 3.63) is 58.1 Å². The molecule has 0 atom stereocenters. The molecule has 0 saturated carbocycles. The molecule has 0 heterocycles. The standard InChI is InChI=1S/C19H21Cl2N3O2/c1-3-24(4-2)19(26)13-6-5-7-15(10-13)22-12-18(25)23-17-11-14(20)8-9-16(17)21/h5-11,22H,3-4,12H2,1-2H3,(H,23,25). The SMILES string of the molecule is CCN(CC)C(=O)c1cccc(NCC(=O)Nc2cc(Cl)ccc2Cl)c1. The van der Waals surface area contributed by atoms with E-state index in [0.717, 1.165) is 0 Å². The first-order chi connectivity index (χ1) is 12.4. The van der Waals surface area contributed by atoms with Gasteiger partial charge in [-0.15, -0.1) is 0 Å². The van der Waals surface area contributed by atoms with Crippen molar-refractivity contribution >= 4 is 46.4 Å². The number of carbonyl (C=O) groups is 2. The molecule has 2 aromatic carbocycles. The number of benzene rings is 2. The summed E-state index contributed by atoms with van der Waals surface area (Å²) in [5.74, 6) is -0.302. The monoisotopic (exact) mass is 393 g/mol. The lowest BCUT2D eigenvalue weighted by Crippen LogP contribution is -2.30. The molecule has 2 rings (SSSR count). The van der Waals surface area contributed by atoms with Crippen molar-refractivity contribution in [1.29, 1.82) is 0 Å². The molecule has 2 N–H and O–H groups in total. The molecule has 2 amide bonds. The average Bonchev–Trinajstić information content (AvgIpc) is 2.64. The second-order valence-corrected chi connectivity index (χ2v) is 6.43. The Morgan fingerprint density at radius 3 is 2.46 bits per heavy atom. The molecule has 26 heavy (non-hydrogen) atoms. The minimum Gasteiger partial charge on any atom is -0.376 e. The maximum Gasteiger partial charge on any atom is 0.253 e. The summed E-state index contributed by atoms with van der Waals surface area (Å²) in [7, 11) is 0. The number of hydrogen-bond donors (Lipinski definition) is 2. The summed E-state index contributed by atoms with van der Waals surface area (Å²) < 4.78 is 0. The van der Waals surface area contributed by atoms with Crippen LogP contribution in [0.5, 0.6) is 0 Å². The molecular formula is C19H21Cl2N3O2. The van der Waals surface area contributed by atoms with Crippen LogP contribution in [0.25, 0.3) is 0 Å². The van der Waals surface area contributed by atoms with Gasteiger partial charge in [0.25, 0.3) is 5.91 Å². The smallest absolute Gasteiger partial charge is 0.253 e. The van der Waals surface area contributed by atoms with Crippen molar-refractivity contribution in [3.8, 4) is 0 Å². The maximum absolute atomic E-state index is 12.4. The molecule has 5 nitrogen and oxygen atoms in total. The molecule has 2 aromatic rings. The maximum atomic E-state index is 12.4. The van der Waals surface area contributed by atoms with Crippen LogP contribution in [-0.4, -0.2) is 36.3 Å². The third-order valence-corrected chi connectivity index (χ3v) is 4.38. The van der Waals surface area contributed by atoms with Crippen LogP contribution >= 0.6 is 23.2 Å². The molecule has 0 saturated heterocycles. The number of amides is 2. The van der Waals surface area contributed by atoms with Gasteiger partial charge in [0.15, 0.2) is 0 Å². The van der Waals surface area contributed by atoms with Crippen LogP contribution in [0.1, 0.15) is 24.2 Å². The Labute approximate surface area is 163 Å². The number of nitrogens with zero attached hydrogens (tertiary/aromatic N) is 1. The van der Waals surface area contributed by atoms with Crippen LogP contribution in [0.2, 0.25) is 10.0 Å². The molecule has 0 aliphatic rings. The number of nitrogens with one attached hydrogen (secondary N) is 2. The molecule has 0 radical (unpaired) electrons. The Morgan fingerprint density at radius 2 is 1.77 bits per heavy atom. The molecule has 7 heteroatoms. The Hall–Kier alpha value is -2.24. The fourth-order valence-corrected chi connectivity index (χ4v) is 2.76. The van der Waals surface area contributed by atoms with Crippen LogP contribution in [0, 0.1) is 0 Å². The first kappa shape index (κ1) is 20.1. The van der Waals surface area contributed by atoms with E-state index in [1.54, 1.807) is 47.4 Å². The van der Waals surface area contributed by atoms with Gasteiger partial charge in [-0.25, -0.2) is 0 Å². The molecule has 0 aliphatic carbocycles. The third-order valence-electron chi connectivity index (χ3n) is 3.82. The first-order valence-electron chi connectivity index (χ1n) is 8.32. The lowest BCUT2D eigenvalue weighted by molar-refractivity contribution is -0.114. The summed E-state index contributed by atoms with van der Waals surface area (Å²) in [4.78, 5) is 26.3. The predicted molar refractivity (Wildman–Crippen MR) is 107 cm³/mol. The summed E-state index contributed by atoms with van der Waals surface area (Å²) >= 11 is 11.9. The highest BCUT2D eigenvalue weighted by atomic mass is 35.5. The summed E-state index contributed by atoms with van der Waals surface area (Å²) in [6.45, 7) is 5.21. The molecule has 0 bridgehead atoms. The van der Waals surface area contributed by atoms with Crippen molar-refractivity contribution in [1.82, 2.24) is 4.90 Å². The van der Waals surface area contributed by atoms with Crippen molar-refractivity contribution in [2.24, 2.45) is 0 Å². The predicted octanol–water partition coefficient (Wildman–Crippen LogP) is 4.53. The number of anilines is 2. The molecule has 0 fully saturated rings. The molecular weight excluding hydrogens is 373 g/mol. The van der Waals surface area contributed by atoms with E-state index in [4.69, 9.17) is 23.2 Å². The Kier molecular flexibility index (Phi) is 7.30. The van der Waals surface area contributed by atoms with Gasteiger partial charge in [0.2, 0.25) is 5.91 Å². The number of hydrogen-bond acceptors (Lipinski definition) is 3. The van der Waals surface area contributed by atoms with Crippen LogP contribution in [0.15, 0.2) is 42.5 Å². The summed E-state index contributed by atoms with van der Waals surface area (Å²) in [5, 5.41) is 6.61. The minimum atomic E-state index is -0.269. The second-order valence-electron chi connectivity index (χ2n) is 5.58. The largest absolute Gasteiger partial charge is 0.376 e. The van der Waals surface area contributed by atoms with E-state index >= 15 is 0 Å². The molecule has 0 aliphatic heterocycles. The fourth-order valence-electron chi connectivity index (χ4n) is 2.43. The van der Waals surface area contributed by atoms with Gasteiger partial charge in [-0.3, -0.25) is 9.59 Å². The molecule has 0 unspecified atom stereocenters. The van der Waals surface area contributed by atoms with Crippen LogP contribution < -0.4 is 10.6 Å². The van der Waals surface area contributed by atoms with Crippen molar-refractivity contribution in [3.63, 3.8) is 0 Å². The normalized spacial score (nSPS) is 10.3. The van der Waals surface area contributed by atoms with Gasteiger partial charge in [-0.1, -0.05) is 29.3 Å². The Bertz CT molecular complexity index is 792.